The average molecular weight is 423 g/mol. The summed E-state index contributed by atoms with van der Waals surface area (Å²) in [5, 5.41) is 2.25. The molecular formula is C12H2Cl6S2. The summed E-state index contributed by atoms with van der Waals surface area (Å²) < 4.78 is 0. The third-order valence-electron chi connectivity index (χ3n) is 2.61. The Hall–Kier alpha value is 0.880. The molecule has 0 saturated carbocycles. The molecule has 0 N–H and O–H groups in total. The lowest BCUT2D eigenvalue weighted by Gasteiger charge is -2.23. The molecule has 0 amide bonds. The van der Waals surface area contributed by atoms with Gasteiger partial charge >= 0.3 is 0 Å². The molecule has 0 saturated heterocycles. The highest BCUT2D eigenvalue weighted by Gasteiger charge is 2.28. The number of benzene rings is 2. The van der Waals surface area contributed by atoms with Gasteiger partial charge in [0, 0.05) is 19.6 Å². The van der Waals surface area contributed by atoms with Gasteiger partial charge < -0.3 is 0 Å². The first kappa shape index (κ1) is 15.8. The van der Waals surface area contributed by atoms with Crippen LogP contribution in [0.4, 0.5) is 0 Å². The molecule has 0 aliphatic carbocycles. The summed E-state index contributed by atoms with van der Waals surface area (Å²) in [5.74, 6) is 0. The van der Waals surface area contributed by atoms with E-state index in [-0.39, 0.29) is 10.0 Å². The summed E-state index contributed by atoms with van der Waals surface area (Å²) in [7, 11) is 0. The lowest BCUT2D eigenvalue weighted by Crippen LogP contribution is -1.94. The fourth-order valence-corrected chi connectivity index (χ4v) is 5.93. The van der Waals surface area contributed by atoms with Crippen LogP contribution in [0.1, 0.15) is 0 Å². The van der Waals surface area contributed by atoms with E-state index in [1.165, 1.54) is 23.5 Å². The third-order valence-corrected chi connectivity index (χ3v) is 8.23. The molecule has 20 heavy (non-hydrogen) atoms. The van der Waals surface area contributed by atoms with Crippen molar-refractivity contribution in [2.75, 3.05) is 0 Å². The Morgan fingerprint density at radius 1 is 0.550 bits per heavy atom. The second-order valence-corrected chi connectivity index (χ2v) is 8.18. The fraction of sp³-hybridized carbons (Fsp3) is 0. The zero-order valence-electron chi connectivity index (χ0n) is 9.24. The zero-order chi connectivity index (χ0) is 14.6. The van der Waals surface area contributed by atoms with Gasteiger partial charge in [0.2, 0.25) is 0 Å². The summed E-state index contributed by atoms with van der Waals surface area (Å²) in [6.07, 6.45) is 0. The SMILES string of the molecule is Clc1ccc2c(c1Cl)Sc1c(Cl)c(Cl)c(Cl)c(Cl)c1S2. The van der Waals surface area contributed by atoms with Crippen LogP contribution in [0.15, 0.2) is 31.7 Å². The van der Waals surface area contributed by atoms with Crippen LogP contribution in [0.2, 0.25) is 30.1 Å². The predicted octanol–water partition coefficient (Wildman–Crippen LogP) is 8.22. The Morgan fingerprint density at radius 2 is 1.10 bits per heavy atom. The highest BCUT2D eigenvalue weighted by atomic mass is 35.5. The monoisotopic (exact) mass is 420 g/mol. The smallest absolute Gasteiger partial charge is 0.0806 e. The van der Waals surface area contributed by atoms with Crippen LogP contribution in [0.25, 0.3) is 0 Å². The van der Waals surface area contributed by atoms with Crippen molar-refractivity contribution in [2.45, 2.75) is 19.6 Å². The van der Waals surface area contributed by atoms with E-state index in [0.717, 1.165) is 19.6 Å². The topological polar surface area (TPSA) is 0 Å². The maximum atomic E-state index is 6.26. The van der Waals surface area contributed by atoms with E-state index in [2.05, 4.69) is 0 Å². The standard InChI is InChI=1S/C12H2Cl6S2/c13-3-1-2-4-10(5(3)14)20-12-9(18)7(16)6(15)8(17)11(12)19-4/h1-2H. The Morgan fingerprint density at radius 3 is 1.70 bits per heavy atom. The van der Waals surface area contributed by atoms with Crippen LogP contribution in [-0.4, -0.2) is 0 Å². The Balaban J connectivity index is 2.26. The molecule has 0 atom stereocenters. The van der Waals surface area contributed by atoms with Gasteiger partial charge in [-0.1, -0.05) is 93.1 Å². The van der Waals surface area contributed by atoms with Gasteiger partial charge in [0.25, 0.3) is 0 Å². The van der Waals surface area contributed by atoms with Gasteiger partial charge in [0.1, 0.15) is 0 Å². The Bertz CT molecular complexity index is 744. The molecule has 0 nitrogen and oxygen atoms in total. The van der Waals surface area contributed by atoms with E-state index < -0.39 is 0 Å². The number of rotatable bonds is 0. The van der Waals surface area contributed by atoms with Crippen LogP contribution in [0, 0.1) is 0 Å². The number of fused-ring (bicyclic) bond motifs is 2. The van der Waals surface area contributed by atoms with Crippen LogP contribution in [0.5, 0.6) is 0 Å². The maximum Gasteiger partial charge on any atom is 0.0806 e. The molecular weight excluding hydrogens is 421 g/mol. The van der Waals surface area contributed by atoms with Gasteiger partial charge in [-0.15, -0.1) is 0 Å². The Labute approximate surface area is 154 Å². The van der Waals surface area contributed by atoms with Gasteiger partial charge in [-0.3, -0.25) is 0 Å². The first-order valence-corrected chi connectivity index (χ1v) is 9.01. The van der Waals surface area contributed by atoms with Crippen molar-refractivity contribution >= 4 is 93.1 Å². The highest BCUT2D eigenvalue weighted by Crippen LogP contribution is 2.59. The zero-order valence-corrected chi connectivity index (χ0v) is 15.4. The molecule has 0 radical (unpaired) electrons. The van der Waals surface area contributed by atoms with Gasteiger partial charge in [0.05, 0.1) is 30.1 Å². The van der Waals surface area contributed by atoms with E-state index in [4.69, 9.17) is 69.6 Å². The normalized spacial score (nSPS) is 13.1. The van der Waals surface area contributed by atoms with E-state index in [9.17, 15) is 0 Å². The largest absolute Gasteiger partial charge is 0.0860 e. The molecule has 0 aromatic heterocycles. The number of halogens is 6. The van der Waals surface area contributed by atoms with E-state index in [1.54, 1.807) is 6.07 Å². The lowest BCUT2D eigenvalue weighted by molar-refractivity contribution is 1.16. The molecule has 2 aromatic rings. The molecule has 1 aliphatic rings. The summed E-state index contributed by atoms with van der Waals surface area (Å²) in [5.41, 5.74) is 0. The summed E-state index contributed by atoms with van der Waals surface area (Å²) in [4.78, 5) is 3.32. The van der Waals surface area contributed by atoms with Gasteiger partial charge in [-0.25, -0.2) is 0 Å². The molecule has 1 heterocycles. The maximum absolute atomic E-state index is 6.26. The van der Waals surface area contributed by atoms with Gasteiger partial charge in [-0.05, 0) is 12.1 Å². The minimum atomic E-state index is 0.242. The summed E-state index contributed by atoms with van der Waals surface area (Å²) >= 11 is 39.8. The molecule has 0 spiro atoms. The van der Waals surface area contributed by atoms with Crippen LogP contribution < -0.4 is 0 Å². The van der Waals surface area contributed by atoms with E-state index in [1.807, 2.05) is 6.07 Å². The van der Waals surface area contributed by atoms with Crippen molar-refractivity contribution in [3.63, 3.8) is 0 Å². The molecule has 0 bridgehead atoms. The van der Waals surface area contributed by atoms with Crippen molar-refractivity contribution in [2.24, 2.45) is 0 Å². The summed E-state index contributed by atoms with van der Waals surface area (Å²) in [6, 6.07) is 3.63. The number of hydrogen-bond donors (Lipinski definition) is 0. The Kier molecular flexibility index (Phi) is 4.59. The molecule has 1 aliphatic heterocycles. The van der Waals surface area contributed by atoms with E-state index in [0.29, 0.717) is 20.1 Å². The van der Waals surface area contributed by atoms with Crippen molar-refractivity contribution in [1.82, 2.24) is 0 Å². The molecule has 0 fully saturated rings. The van der Waals surface area contributed by atoms with Crippen molar-refractivity contribution in [3.8, 4) is 0 Å². The lowest BCUT2D eigenvalue weighted by atomic mass is 10.3. The molecule has 8 heteroatoms. The van der Waals surface area contributed by atoms with Crippen molar-refractivity contribution < 1.29 is 0 Å². The average Bonchev–Trinajstić information content (AvgIpc) is 2.45. The first-order chi connectivity index (χ1) is 9.41. The van der Waals surface area contributed by atoms with Gasteiger partial charge in [0.15, 0.2) is 0 Å². The minimum absolute atomic E-state index is 0.242. The molecule has 0 unspecified atom stereocenters. The fourth-order valence-electron chi connectivity index (χ4n) is 1.68. The van der Waals surface area contributed by atoms with Gasteiger partial charge in [-0.2, -0.15) is 0 Å². The van der Waals surface area contributed by atoms with Crippen molar-refractivity contribution in [1.29, 1.82) is 0 Å². The van der Waals surface area contributed by atoms with Crippen LogP contribution in [0.3, 0.4) is 0 Å². The predicted molar refractivity (Wildman–Crippen MR) is 91.2 cm³/mol. The van der Waals surface area contributed by atoms with Crippen LogP contribution >= 0.6 is 93.1 Å². The number of hydrogen-bond acceptors (Lipinski definition) is 2. The molecule has 104 valence electrons. The minimum Gasteiger partial charge on any atom is -0.0860 e. The second kappa shape index (κ2) is 5.82. The first-order valence-electron chi connectivity index (χ1n) is 5.11. The summed E-state index contributed by atoms with van der Waals surface area (Å²) in [6.45, 7) is 0. The van der Waals surface area contributed by atoms with Crippen LogP contribution in [-0.2, 0) is 0 Å². The third kappa shape index (κ3) is 2.43. The molecule has 2 aromatic carbocycles. The quantitative estimate of drug-likeness (QED) is 0.264. The van der Waals surface area contributed by atoms with E-state index >= 15 is 0 Å². The molecule has 3 rings (SSSR count). The second-order valence-electron chi connectivity index (χ2n) is 3.81. The highest BCUT2D eigenvalue weighted by molar-refractivity contribution is 8.05. The van der Waals surface area contributed by atoms with Crippen molar-refractivity contribution in [3.05, 3.63) is 42.3 Å².